The molecule has 0 atom stereocenters. The molecule has 1 aromatic heterocycles. The summed E-state index contributed by atoms with van der Waals surface area (Å²) in [5.74, 6) is 2.06. The Hall–Kier alpha value is -0.570. The lowest BCUT2D eigenvalue weighted by molar-refractivity contribution is 0.345. The first-order chi connectivity index (χ1) is 6.51. The zero-order valence-electron chi connectivity index (χ0n) is 9.01. The van der Waals surface area contributed by atoms with E-state index in [1.165, 1.54) is 0 Å². The van der Waals surface area contributed by atoms with Gasteiger partial charge in [0.1, 0.15) is 0 Å². The maximum Gasteiger partial charge on any atom is 0.217 e. The fourth-order valence-corrected chi connectivity index (χ4v) is 1.27. The van der Waals surface area contributed by atoms with E-state index in [1.54, 1.807) is 0 Å². The van der Waals surface area contributed by atoms with Crippen LogP contribution in [-0.2, 0) is 12.8 Å². The van der Waals surface area contributed by atoms with Gasteiger partial charge in [0.25, 0.3) is 0 Å². The minimum atomic E-state index is 0.191. The molecule has 0 saturated carbocycles. The molecular formula is C10H17ClN2O. The van der Waals surface area contributed by atoms with Crippen LogP contribution in [-0.4, -0.2) is 16.1 Å². The number of rotatable bonds is 4. The van der Waals surface area contributed by atoms with E-state index in [0.29, 0.717) is 11.8 Å². The molecule has 1 aromatic rings. The number of hydrogen-bond donors (Lipinski definition) is 0. The molecule has 4 heteroatoms. The summed E-state index contributed by atoms with van der Waals surface area (Å²) >= 11 is 5.57. The molecule has 0 aliphatic rings. The van der Waals surface area contributed by atoms with Crippen molar-refractivity contribution in [3.8, 4) is 0 Å². The molecule has 0 saturated heterocycles. The van der Waals surface area contributed by atoms with E-state index in [2.05, 4.69) is 31.0 Å². The van der Waals surface area contributed by atoms with Gasteiger partial charge in [-0.2, -0.15) is 0 Å². The quantitative estimate of drug-likeness (QED) is 0.727. The van der Waals surface area contributed by atoms with Crippen LogP contribution in [0.1, 0.15) is 39.0 Å². The summed E-state index contributed by atoms with van der Waals surface area (Å²) in [6, 6.07) is 0. The predicted octanol–water partition coefficient (Wildman–Crippen LogP) is 2.83. The van der Waals surface area contributed by atoms with Crippen LogP contribution in [0, 0.1) is 5.41 Å². The van der Waals surface area contributed by atoms with Crippen molar-refractivity contribution in [3.05, 3.63) is 11.8 Å². The molecular weight excluding hydrogens is 200 g/mol. The van der Waals surface area contributed by atoms with Crippen molar-refractivity contribution in [2.24, 2.45) is 5.41 Å². The Morgan fingerprint density at radius 1 is 1.21 bits per heavy atom. The molecule has 14 heavy (non-hydrogen) atoms. The highest BCUT2D eigenvalue weighted by Crippen LogP contribution is 2.19. The first-order valence-electron chi connectivity index (χ1n) is 4.88. The second-order valence-corrected chi connectivity index (χ2v) is 5.00. The fraction of sp³-hybridized carbons (Fsp3) is 0.800. The Balaban J connectivity index is 2.51. The number of hydrogen-bond acceptors (Lipinski definition) is 3. The minimum absolute atomic E-state index is 0.191. The largest absolute Gasteiger partial charge is 0.425 e. The number of halogens is 1. The smallest absolute Gasteiger partial charge is 0.217 e. The summed E-state index contributed by atoms with van der Waals surface area (Å²) in [7, 11) is 0. The highest BCUT2D eigenvalue weighted by molar-refractivity contribution is 6.17. The lowest BCUT2D eigenvalue weighted by Crippen LogP contribution is -2.09. The zero-order valence-corrected chi connectivity index (χ0v) is 9.76. The van der Waals surface area contributed by atoms with Crippen LogP contribution in [0.3, 0.4) is 0 Å². The van der Waals surface area contributed by atoms with Crippen LogP contribution in [0.5, 0.6) is 0 Å². The summed E-state index contributed by atoms with van der Waals surface area (Å²) in [6.07, 6.45) is 2.49. The van der Waals surface area contributed by atoms with Crippen molar-refractivity contribution in [1.82, 2.24) is 10.2 Å². The molecule has 1 rings (SSSR count). The number of nitrogens with zero attached hydrogens (tertiary/aromatic N) is 2. The molecule has 0 spiro atoms. The lowest BCUT2D eigenvalue weighted by Gasteiger charge is -2.14. The van der Waals surface area contributed by atoms with E-state index in [4.69, 9.17) is 16.0 Å². The van der Waals surface area contributed by atoms with Crippen molar-refractivity contribution in [3.63, 3.8) is 0 Å². The average Bonchev–Trinajstić information content (AvgIpc) is 2.46. The van der Waals surface area contributed by atoms with Gasteiger partial charge in [-0.15, -0.1) is 21.8 Å². The highest BCUT2D eigenvalue weighted by Gasteiger charge is 2.16. The molecule has 1 heterocycles. The number of alkyl halides is 1. The highest BCUT2D eigenvalue weighted by atomic mass is 35.5. The van der Waals surface area contributed by atoms with Gasteiger partial charge in [0.05, 0.1) is 0 Å². The van der Waals surface area contributed by atoms with E-state index in [9.17, 15) is 0 Å². The van der Waals surface area contributed by atoms with E-state index in [1.807, 2.05) is 0 Å². The summed E-state index contributed by atoms with van der Waals surface area (Å²) in [5, 5.41) is 7.96. The van der Waals surface area contributed by atoms with Crippen LogP contribution in [0.4, 0.5) is 0 Å². The van der Waals surface area contributed by atoms with Crippen LogP contribution in [0.25, 0.3) is 0 Å². The molecule has 0 aliphatic heterocycles. The van der Waals surface area contributed by atoms with E-state index in [-0.39, 0.29) is 5.41 Å². The minimum Gasteiger partial charge on any atom is -0.425 e. The Bertz CT molecular complexity index is 278. The zero-order chi connectivity index (χ0) is 10.6. The van der Waals surface area contributed by atoms with Gasteiger partial charge in [0.2, 0.25) is 11.8 Å². The second kappa shape index (κ2) is 4.78. The van der Waals surface area contributed by atoms with Crippen molar-refractivity contribution < 1.29 is 4.42 Å². The van der Waals surface area contributed by atoms with Gasteiger partial charge >= 0.3 is 0 Å². The topological polar surface area (TPSA) is 38.9 Å². The molecule has 0 N–H and O–H groups in total. The standard InChI is InChI=1S/C10H17ClN2O/c1-10(2,3)7-9-13-12-8(14-9)5-4-6-11/h4-7H2,1-3H3. The monoisotopic (exact) mass is 216 g/mol. The van der Waals surface area contributed by atoms with E-state index in [0.717, 1.165) is 25.2 Å². The summed E-state index contributed by atoms with van der Waals surface area (Å²) in [6.45, 7) is 6.45. The average molecular weight is 217 g/mol. The van der Waals surface area contributed by atoms with Crippen LogP contribution in [0.15, 0.2) is 4.42 Å². The third-order valence-corrected chi connectivity index (χ3v) is 1.98. The van der Waals surface area contributed by atoms with Crippen LogP contribution >= 0.6 is 11.6 Å². The van der Waals surface area contributed by atoms with Gasteiger partial charge in [-0.25, -0.2) is 0 Å². The fourth-order valence-electron chi connectivity index (χ4n) is 1.13. The van der Waals surface area contributed by atoms with Crippen LogP contribution in [0.2, 0.25) is 0 Å². The van der Waals surface area contributed by atoms with Gasteiger partial charge < -0.3 is 4.42 Å². The summed E-state index contributed by atoms with van der Waals surface area (Å²) in [4.78, 5) is 0. The number of aromatic nitrogens is 2. The van der Waals surface area contributed by atoms with Crippen LogP contribution < -0.4 is 0 Å². The molecule has 80 valence electrons. The maximum absolute atomic E-state index is 5.57. The van der Waals surface area contributed by atoms with Gasteiger partial charge in [-0.1, -0.05) is 20.8 Å². The Kier molecular flexibility index (Phi) is 3.93. The molecule has 0 bridgehead atoms. The van der Waals surface area contributed by atoms with Gasteiger partial charge in [0.15, 0.2) is 0 Å². The maximum atomic E-state index is 5.57. The molecule has 0 aromatic carbocycles. The van der Waals surface area contributed by atoms with Crippen molar-refractivity contribution in [2.75, 3.05) is 5.88 Å². The first-order valence-corrected chi connectivity index (χ1v) is 5.42. The lowest BCUT2D eigenvalue weighted by atomic mass is 9.92. The molecule has 0 radical (unpaired) electrons. The summed E-state index contributed by atoms with van der Waals surface area (Å²) < 4.78 is 5.48. The van der Waals surface area contributed by atoms with Crippen molar-refractivity contribution in [1.29, 1.82) is 0 Å². The second-order valence-electron chi connectivity index (χ2n) is 4.62. The van der Waals surface area contributed by atoms with E-state index >= 15 is 0 Å². The first kappa shape index (κ1) is 11.5. The molecule has 0 amide bonds. The van der Waals surface area contributed by atoms with Crippen molar-refractivity contribution >= 4 is 11.6 Å². The Morgan fingerprint density at radius 2 is 1.86 bits per heavy atom. The Morgan fingerprint density at radius 3 is 2.43 bits per heavy atom. The van der Waals surface area contributed by atoms with Gasteiger partial charge in [0, 0.05) is 18.7 Å². The summed E-state index contributed by atoms with van der Waals surface area (Å²) in [5.41, 5.74) is 0.191. The normalized spacial score (nSPS) is 12.0. The molecule has 0 aliphatic carbocycles. The third-order valence-electron chi connectivity index (χ3n) is 1.71. The van der Waals surface area contributed by atoms with E-state index < -0.39 is 0 Å². The van der Waals surface area contributed by atoms with Gasteiger partial charge in [-0.3, -0.25) is 0 Å². The molecule has 0 unspecified atom stereocenters. The SMILES string of the molecule is CC(C)(C)Cc1nnc(CCCCl)o1. The predicted molar refractivity (Wildman–Crippen MR) is 56.5 cm³/mol. The van der Waals surface area contributed by atoms with Crippen molar-refractivity contribution in [2.45, 2.75) is 40.0 Å². The molecule has 0 fully saturated rings. The Labute approximate surface area is 89.9 Å². The van der Waals surface area contributed by atoms with Gasteiger partial charge in [-0.05, 0) is 11.8 Å². The number of aryl methyl sites for hydroxylation is 1. The third kappa shape index (κ3) is 4.09. The molecule has 3 nitrogen and oxygen atoms in total.